The molecule has 0 unspecified atom stereocenters. The van der Waals surface area contributed by atoms with Gasteiger partial charge in [0.15, 0.2) is 5.82 Å². The molecule has 0 saturated heterocycles. The SMILES string of the molecule is COC(=O)c1ccc2c(c1)nc(NCCc1noc(CCN(Cc3ccc(-c4ccccc4)c(Cl)c3)C(=O)OC(C)(C)C)n1)c1ccncc12. The summed E-state index contributed by atoms with van der Waals surface area (Å²) in [5.74, 6) is 1.13. The third kappa shape index (κ3) is 8.18. The molecule has 12 heteroatoms. The van der Waals surface area contributed by atoms with Gasteiger partial charge in [0, 0.05) is 71.6 Å². The number of hydrogen-bond donors (Lipinski definition) is 1. The molecule has 3 aromatic carbocycles. The minimum Gasteiger partial charge on any atom is -0.465 e. The van der Waals surface area contributed by atoms with Gasteiger partial charge < -0.3 is 24.2 Å². The molecule has 0 saturated carbocycles. The number of methoxy groups -OCH3 is 1. The van der Waals surface area contributed by atoms with E-state index >= 15 is 0 Å². The van der Waals surface area contributed by atoms with Crippen molar-refractivity contribution < 1.29 is 23.6 Å². The summed E-state index contributed by atoms with van der Waals surface area (Å²) in [6, 6.07) is 22.9. The third-order valence-corrected chi connectivity index (χ3v) is 8.22. The van der Waals surface area contributed by atoms with Crippen LogP contribution in [0.4, 0.5) is 10.6 Å². The molecule has 1 amide bonds. The van der Waals surface area contributed by atoms with Crippen molar-refractivity contribution >= 4 is 51.2 Å². The molecule has 0 atom stereocenters. The van der Waals surface area contributed by atoms with E-state index in [-0.39, 0.29) is 6.54 Å². The van der Waals surface area contributed by atoms with Gasteiger partial charge in [-0.25, -0.2) is 14.6 Å². The van der Waals surface area contributed by atoms with Crippen LogP contribution in [0, 0.1) is 0 Å². The van der Waals surface area contributed by atoms with E-state index in [2.05, 4.69) is 20.4 Å². The standard InChI is InChI=1S/C38H37ClN6O5/c1-38(2,3)49-37(47)45(23-24-10-12-27(31(39)20-24)25-8-6-5-7-9-25)19-16-34-43-33(44-50-34)15-18-41-35-29-14-17-40-22-30(29)28-13-11-26(36(46)48-4)21-32(28)42-35/h5-14,17,20-22H,15-16,18-19,23H2,1-4H3,(H,41,42). The van der Waals surface area contributed by atoms with Crippen LogP contribution in [-0.2, 0) is 28.9 Å². The highest BCUT2D eigenvalue weighted by atomic mass is 35.5. The molecule has 256 valence electrons. The number of carbonyl (C=O) groups excluding carboxylic acids is 2. The Balaban J connectivity index is 1.12. The summed E-state index contributed by atoms with van der Waals surface area (Å²) in [5, 5.41) is 10.8. The second kappa shape index (κ2) is 14.9. The van der Waals surface area contributed by atoms with E-state index < -0.39 is 17.7 Å². The predicted octanol–water partition coefficient (Wildman–Crippen LogP) is 7.91. The molecule has 6 aromatic rings. The Morgan fingerprint density at radius 3 is 2.52 bits per heavy atom. The molecule has 3 aromatic heterocycles. The molecular formula is C38H37ClN6O5. The average molecular weight is 693 g/mol. The van der Waals surface area contributed by atoms with Gasteiger partial charge in [-0.2, -0.15) is 4.98 Å². The number of amides is 1. The number of nitrogens with zero attached hydrogens (tertiary/aromatic N) is 5. The summed E-state index contributed by atoms with van der Waals surface area (Å²) in [7, 11) is 1.35. The lowest BCUT2D eigenvalue weighted by Gasteiger charge is -2.27. The molecule has 1 N–H and O–H groups in total. The maximum absolute atomic E-state index is 13.2. The van der Waals surface area contributed by atoms with Crippen LogP contribution in [0.5, 0.6) is 0 Å². The predicted molar refractivity (Wildman–Crippen MR) is 192 cm³/mol. The lowest BCUT2D eigenvalue weighted by molar-refractivity contribution is 0.0232. The van der Waals surface area contributed by atoms with E-state index in [1.807, 2.05) is 81.4 Å². The first kappa shape index (κ1) is 34.3. The van der Waals surface area contributed by atoms with Gasteiger partial charge in [-0.15, -0.1) is 0 Å². The smallest absolute Gasteiger partial charge is 0.410 e. The number of pyridine rings is 2. The van der Waals surface area contributed by atoms with Crippen LogP contribution in [0.1, 0.15) is 48.4 Å². The van der Waals surface area contributed by atoms with Crippen molar-refractivity contribution in [3.8, 4) is 11.1 Å². The second-order valence-corrected chi connectivity index (χ2v) is 13.1. The van der Waals surface area contributed by atoms with Crippen LogP contribution in [0.15, 0.2) is 89.7 Å². The van der Waals surface area contributed by atoms with Gasteiger partial charge in [-0.1, -0.05) is 65.3 Å². The van der Waals surface area contributed by atoms with Gasteiger partial charge in [0.2, 0.25) is 5.89 Å². The molecule has 0 bridgehead atoms. The van der Waals surface area contributed by atoms with E-state index in [9.17, 15) is 9.59 Å². The number of anilines is 1. The van der Waals surface area contributed by atoms with E-state index in [1.54, 1.807) is 29.4 Å². The summed E-state index contributed by atoms with van der Waals surface area (Å²) in [6.45, 7) is 6.55. The van der Waals surface area contributed by atoms with Gasteiger partial charge in [0.1, 0.15) is 11.4 Å². The summed E-state index contributed by atoms with van der Waals surface area (Å²) in [6.07, 6.45) is 3.84. The minimum absolute atomic E-state index is 0.290. The number of aromatic nitrogens is 4. The van der Waals surface area contributed by atoms with Crippen LogP contribution >= 0.6 is 11.6 Å². The van der Waals surface area contributed by atoms with Crippen molar-refractivity contribution in [2.24, 2.45) is 0 Å². The fraction of sp³-hybridized carbons (Fsp3) is 0.263. The number of nitrogens with one attached hydrogen (secondary N) is 1. The fourth-order valence-electron chi connectivity index (χ4n) is 5.53. The molecule has 0 fully saturated rings. The number of ether oxygens (including phenoxy) is 2. The van der Waals surface area contributed by atoms with E-state index in [4.69, 9.17) is 30.6 Å². The van der Waals surface area contributed by atoms with E-state index in [1.165, 1.54) is 7.11 Å². The Kier molecular flexibility index (Phi) is 10.2. The van der Waals surface area contributed by atoms with Crippen molar-refractivity contribution in [3.05, 3.63) is 113 Å². The largest absolute Gasteiger partial charge is 0.465 e. The van der Waals surface area contributed by atoms with Crippen LogP contribution in [0.2, 0.25) is 5.02 Å². The highest BCUT2D eigenvalue weighted by Gasteiger charge is 2.23. The molecule has 0 spiro atoms. The lowest BCUT2D eigenvalue weighted by atomic mass is 10.0. The number of carbonyl (C=O) groups is 2. The van der Waals surface area contributed by atoms with Crippen molar-refractivity contribution in [2.75, 3.05) is 25.5 Å². The quantitative estimate of drug-likeness (QED) is 0.105. The molecule has 0 radical (unpaired) electrons. The maximum atomic E-state index is 13.2. The van der Waals surface area contributed by atoms with E-state index in [0.29, 0.717) is 59.6 Å². The Hall–Kier alpha value is -5.55. The summed E-state index contributed by atoms with van der Waals surface area (Å²) in [4.78, 5) is 40.6. The Bertz CT molecular complexity index is 2150. The zero-order chi connectivity index (χ0) is 35.3. The van der Waals surface area contributed by atoms with Crippen LogP contribution in [0.25, 0.3) is 32.8 Å². The first-order chi connectivity index (χ1) is 24.1. The van der Waals surface area contributed by atoms with Crippen molar-refractivity contribution in [2.45, 2.75) is 45.8 Å². The zero-order valence-electron chi connectivity index (χ0n) is 28.3. The number of esters is 1. The van der Waals surface area contributed by atoms with Crippen LogP contribution in [0.3, 0.4) is 0 Å². The monoisotopic (exact) mass is 692 g/mol. The van der Waals surface area contributed by atoms with Crippen molar-refractivity contribution in [1.29, 1.82) is 0 Å². The molecule has 50 heavy (non-hydrogen) atoms. The topological polar surface area (TPSA) is 133 Å². The number of halogens is 1. The molecule has 0 aliphatic rings. The summed E-state index contributed by atoms with van der Waals surface area (Å²) < 4.78 is 16.1. The number of hydrogen-bond acceptors (Lipinski definition) is 10. The second-order valence-electron chi connectivity index (χ2n) is 12.7. The Morgan fingerprint density at radius 1 is 0.940 bits per heavy atom. The van der Waals surface area contributed by atoms with Gasteiger partial charge in [-0.3, -0.25) is 4.98 Å². The van der Waals surface area contributed by atoms with Crippen molar-refractivity contribution in [1.82, 2.24) is 25.0 Å². The molecule has 11 nitrogen and oxygen atoms in total. The first-order valence-corrected chi connectivity index (χ1v) is 16.6. The molecular weight excluding hydrogens is 656 g/mol. The molecule has 0 aliphatic carbocycles. The average Bonchev–Trinajstić information content (AvgIpc) is 3.56. The fourth-order valence-corrected chi connectivity index (χ4v) is 5.85. The minimum atomic E-state index is -0.666. The molecule has 3 heterocycles. The number of fused-ring (bicyclic) bond motifs is 3. The Labute approximate surface area is 294 Å². The van der Waals surface area contributed by atoms with Crippen LogP contribution < -0.4 is 5.32 Å². The van der Waals surface area contributed by atoms with Crippen LogP contribution in [-0.4, -0.2) is 62.9 Å². The number of benzene rings is 3. The van der Waals surface area contributed by atoms with Gasteiger partial charge >= 0.3 is 12.1 Å². The summed E-state index contributed by atoms with van der Waals surface area (Å²) in [5.41, 5.74) is 3.19. The zero-order valence-corrected chi connectivity index (χ0v) is 29.0. The number of rotatable bonds is 11. The first-order valence-electron chi connectivity index (χ1n) is 16.2. The lowest BCUT2D eigenvalue weighted by Crippen LogP contribution is -2.37. The Morgan fingerprint density at radius 2 is 1.76 bits per heavy atom. The van der Waals surface area contributed by atoms with E-state index in [0.717, 1.165) is 32.8 Å². The molecule has 0 aliphatic heterocycles. The summed E-state index contributed by atoms with van der Waals surface area (Å²) >= 11 is 6.67. The highest BCUT2D eigenvalue weighted by Crippen LogP contribution is 2.31. The van der Waals surface area contributed by atoms with Crippen molar-refractivity contribution in [3.63, 3.8) is 0 Å². The maximum Gasteiger partial charge on any atom is 0.410 e. The van der Waals surface area contributed by atoms with Gasteiger partial charge in [-0.05, 0) is 56.2 Å². The third-order valence-electron chi connectivity index (χ3n) is 7.91. The van der Waals surface area contributed by atoms with Gasteiger partial charge in [0.05, 0.1) is 18.2 Å². The molecule has 6 rings (SSSR count). The highest BCUT2D eigenvalue weighted by molar-refractivity contribution is 6.33. The van der Waals surface area contributed by atoms with Gasteiger partial charge in [0.25, 0.3) is 0 Å². The normalized spacial score (nSPS) is 11.5.